The fraction of sp³-hybridized carbons (Fsp3) is 0.273. The molecule has 5 nitrogen and oxygen atoms in total. The van der Waals surface area contributed by atoms with Crippen molar-refractivity contribution in [2.24, 2.45) is 10.8 Å². The topological polar surface area (TPSA) is 68.9 Å². The van der Waals surface area contributed by atoms with Crippen LogP contribution >= 0.6 is 12.2 Å². The smallest absolute Gasteiger partial charge is 0.184 e. The van der Waals surface area contributed by atoms with Crippen LogP contribution in [0.1, 0.15) is 5.56 Å². The van der Waals surface area contributed by atoms with Gasteiger partial charge in [0.1, 0.15) is 12.4 Å². The lowest BCUT2D eigenvalue weighted by atomic mass is 10.2. The lowest BCUT2D eigenvalue weighted by Gasteiger charge is -2.05. The summed E-state index contributed by atoms with van der Waals surface area (Å²) in [7, 11) is 1.63. The first-order valence-electron chi connectivity index (χ1n) is 5.02. The molecule has 0 aliphatic heterocycles. The Morgan fingerprint density at radius 1 is 1.53 bits per heavy atom. The number of nitrogens with two attached hydrogens (primary N) is 1. The number of nitrogens with one attached hydrogen (secondary N) is 1. The van der Waals surface area contributed by atoms with Gasteiger partial charge in [-0.3, -0.25) is 5.43 Å². The predicted octanol–water partition coefficient (Wildman–Crippen LogP) is 0.879. The second-order valence-corrected chi connectivity index (χ2v) is 3.59. The van der Waals surface area contributed by atoms with Gasteiger partial charge in [-0.2, -0.15) is 5.10 Å². The summed E-state index contributed by atoms with van der Waals surface area (Å²) < 4.78 is 10.4. The minimum atomic E-state index is 0.133. The Balaban J connectivity index is 2.53. The minimum Gasteiger partial charge on any atom is -0.491 e. The van der Waals surface area contributed by atoms with E-state index in [0.29, 0.717) is 13.2 Å². The molecule has 1 rings (SSSR count). The van der Waals surface area contributed by atoms with Crippen LogP contribution < -0.4 is 15.9 Å². The van der Waals surface area contributed by atoms with E-state index in [4.69, 9.17) is 15.2 Å². The van der Waals surface area contributed by atoms with E-state index in [-0.39, 0.29) is 5.11 Å². The summed E-state index contributed by atoms with van der Waals surface area (Å²) in [6, 6.07) is 7.51. The molecule has 0 radical (unpaired) electrons. The number of benzene rings is 1. The minimum absolute atomic E-state index is 0.133. The molecule has 0 unspecified atom stereocenters. The van der Waals surface area contributed by atoms with Gasteiger partial charge in [-0.1, -0.05) is 12.1 Å². The molecule has 0 aliphatic rings. The molecule has 0 saturated carbocycles. The van der Waals surface area contributed by atoms with Crippen LogP contribution in [0.15, 0.2) is 29.4 Å². The summed E-state index contributed by atoms with van der Waals surface area (Å²) in [5.74, 6) is 0.765. The Bertz CT molecular complexity index is 396. The number of hydrazone groups is 1. The van der Waals surface area contributed by atoms with Crippen molar-refractivity contribution in [3.05, 3.63) is 29.8 Å². The molecule has 0 amide bonds. The highest BCUT2D eigenvalue weighted by atomic mass is 32.1. The molecule has 6 heteroatoms. The summed E-state index contributed by atoms with van der Waals surface area (Å²) in [5, 5.41) is 3.99. The van der Waals surface area contributed by atoms with Gasteiger partial charge >= 0.3 is 0 Å². The van der Waals surface area contributed by atoms with E-state index in [1.54, 1.807) is 13.3 Å². The highest BCUT2D eigenvalue weighted by molar-refractivity contribution is 7.80. The average Bonchev–Trinajstić information content (AvgIpc) is 2.29. The van der Waals surface area contributed by atoms with Crippen molar-refractivity contribution >= 4 is 23.5 Å². The quantitative estimate of drug-likeness (QED) is 0.341. The molecule has 3 N–H and O–H groups in total. The van der Waals surface area contributed by atoms with Gasteiger partial charge in [0.2, 0.25) is 0 Å². The first-order chi connectivity index (χ1) is 8.22. The zero-order valence-electron chi connectivity index (χ0n) is 9.55. The van der Waals surface area contributed by atoms with Crippen LogP contribution in [-0.2, 0) is 4.74 Å². The van der Waals surface area contributed by atoms with E-state index in [2.05, 4.69) is 22.7 Å². The zero-order chi connectivity index (χ0) is 12.5. The summed E-state index contributed by atoms with van der Waals surface area (Å²) in [6.45, 7) is 1.07. The number of nitrogens with zero attached hydrogens (tertiary/aromatic N) is 1. The molecule has 17 heavy (non-hydrogen) atoms. The number of hydrogen-bond donors (Lipinski definition) is 2. The van der Waals surface area contributed by atoms with Crippen LogP contribution in [0.5, 0.6) is 5.75 Å². The molecule has 0 aliphatic carbocycles. The van der Waals surface area contributed by atoms with Crippen molar-refractivity contribution in [1.82, 2.24) is 5.43 Å². The maximum absolute atomic E-state index is 5.46. The normalized spacial score (nSPS) is 10.4. The molecule has 0 fully saturated rings. The molecule has 0 heterocycles. The Labute approximate surface area is 106 Å². The van der Waals surface area contributed by atoms with Crippen molar-refractivity contribution in [1.29, 1.82) is 0 Å². The summed E-state index contributed by atoms with van der Waals surface area (Å²) >= 11 is 4.62. The maximum Gasteiger partial charge on any atom is 0.184 e. The van der Waals surface area contributed by atoms with E-state index in [1.165, 1.54) is 0 Å². The van der Waals surface area contributed by atoms with E-state index in [1.807, 2.05) is 24.3 Å². The van der Waals surface area contributed by atoms with Crippen LogP contribution in [0.3, 0.4) is 0 Å². The lowest BCUT2D eigenvalue weighted by Crippen LogP contribution is -2.23. The summed E-state index contributed by atoms with van der Waals surface area (Å²) in [6.07, 6.45) is 1.61. The van der Waals surface area contributed by atoms with Crippen LogP contribution in [-0.4, -0.2) is 31.7 Å². The molecule has 92 valence electrons. The Kier molecular flexibility index (Phi) is 5.98. The van der Waals surface area contributed by atoms with E-state index in [9.17, 15) is 0 Å². The molecule has 1 aromatic rings. The van der Waals surface area contributed by atoms with Crippen molar-refractivity contribution < 1.29 is 9.47 Å². The van der Waals surface area contributed by atoms with Crippen molar-refractivity contribution in [3.63, 3.8) is 0 Å². The van der Waals surface area contributed by atoms with Gasteiger partial charge in [0.15, 0.2) is 5.11 Å². The third-order valence-electron chi connectivity index (χ3n) is 1.80. The van der Waals surface area contributed by atoms with Crippen molar-refractivity contribution in [2.45, 2.75) is 0 Å². The fourth-order valence-electron chi connectivity index (χ4n) is 1.10. The number of methoxy groups -OCH3 is 1. The number of hydrogen-bond acceptors (Lipinski definition) is 4. The SMILES string of the molecule is COCCOc1cccc(C=NNC(N)=S)c1. The van der Waals surface area contributed by atoms with Crippen molar-refractivity contribution in [3.8, 4) is 5.75 Å². The van der Waals surface area contributed by atoms with E-state index < -0.39 is 0 Å². The van der Waals surface area contributed by atoms with Crippen molar-refractivity contribution in [2.75, 3.05) is 20.3 Å². The number of rotatable bonds is 6. The number of ether oxygens (including phenoxy) is 2. The third kappa shape index (κ3) is 5.84. The maximum atomic E-state index is 5.46. The van der Waals surface area contributed by atoms with Crippen LogP contribution in [0.4, 0.5) is 0 Å². The Morgan fingerprint density at radius 3 is 3.06 bits per heavy atom. The monoisotopic (exact) mass is 253 g/mol. The lowest BCUT2D eigenvalue weighted by molar-refractivity contribution is 0.146. The van der Waals surface area contributed by atoms with Gasteiger partial charge in [0, 0.05) is 7.11 Å². The predicted molar refractivity (Wildman–Crippen MR) is 71.3 cm³/mol. The molecular formula is C11H15N3O2S. The average molecular weight is 253 g/mol. The van der Waals surface area contributed by atoms with Gasteiger partial charge in [0.05, 0.1) is 12.8 Å². The molecule has 1 aromatic carbocycles. The molecular weight excluding hydrogens is 238 g/mol. The van der Waals surface area contributed by atoms with Gasteiger partial charge in [-0.25, -0.2) is 0 Å². The first kappa shape index (κ1) is 13.4. The Morgan fingerprint density at radius 2 is 2.35 bits per heavy atom. The molecule has 0 bridgehead atoms. The molecule has 0 atom stereocenters. The highest BCUT2D eigenvalue weighted by Crippen LogP contribution is 2.11. The Hall–Kier alpha value is -1.66. The van der Waals surface area contributed by atoms with E-state index >= 15 is 0 Å². The number of thiocarbonyl (C=S) groups is 1. The van der Waals surface area contributed by atoms with Crippen LogP contribution in [0.2, 0.25) is 0 Å². The van der Waals surface area contributed by atoms with Gasteiger partial charge in [0.25, 0.3) is 0 Å². The molecule has 0 saturated heterocycles. The fourth-order valence-corrected chi connectivity index (χ4v) is 1.15. The van der Waals surface area contributed by atoms with Gasteiger partial charge in [-0.05, 0) is 29.9 Å². The summed E-state index contributed by atoms with van der Waals surface area (Å²) in [4.78, 5) is 0. The standard InChI is InChI=1S/C11H15N3O2S/c1-15-5-6-16-10-4-2-3-9(7-10)8-13-14-11(12)17/h2-4,7-8H,5-6H2,1H3,(H3,12,14,17). The summed E-state index contributed by atoms with van der Waals surface area (Å²) in [5.41, 5.74) is 8.61. The first-order valence-corrected chi connectivity index (χ1v) is 5.43. The van der Waals surface area contributed by atoms with E-state index in [0.717, 1.165) is 11.3 Å². The third-order valence-corrected chi connectivity index (χ3v) is 1.89. The largest absolute Gasteiger partial charge is 0.491 e. The van der Waals surface area contributed by atoms with Gasteiger partial charge in [-0.15, -0.1) is 0 Å². The van der Waals surface area contributed by atoms with Crippen LogP contribution in [0.25, 0.3) is 0 Å². The molecule has 0 spiro atoms. The highest BCUT2D eigenvalue weighted by Gasteiger charge is 1.94. The van der Waals surface area contributed by atoms with Crippen LogP contribution in [0, 0.1) is 0 Å². The van der Waals surface area contributed by atoms with Gasteiger partial charge < -0.3 is 15.2 Å². The second kappa shape index (κ2) is 7.59. The second-order valence-electron chi connectivity index (χ2n) is 3.15. The zero-order valence-corrected chi connectivity index (χ0v) is 10.4. The molecule has 0 aromatic heterocycles.